The Labute approximate surface area is 129 Å². The van der Waals surface area contributed by atoms with E-state index in [1.165, 1.54) is 4.90 Å². The lowest BCUT2D eigenvalue weighted by Gasteiger charge is -2.14. The zero-order valence-electron chi connectivity index (χ0n) is 11.0. The SMILES string of the molecule is O=c1nc2n(c3[nH]ncc13)[C@H](CSc1ccccc1)CS2. The maximum Gasteiger partial charge on any atom is 0.284 e. The largest absolute Gasteiger partial charge is 0.300 e. The Hall–Kier alpha value is -1.73. The van der Waals surface area contributed by atoms with E-state index in [9.17, 15) is 4.79 Å². The van der Waals surface area contributed by atoms with Gasteiger partial charge < -0.3 is 4.57 Å². The fourth-order valence-electron chi connectivity index (χ4n) is 2.43. The van der Waals surface area contributed by atoms with E-state index in [1.54, 1.807) is 18.0 Å². The van der Waals surface area contributed by atoms with E-state index in [0.717, 1.165) is 22.3 Å². The minimum Gasteiger partial charge on any atom is -0.300 e. The van der Waals surface area contributed by atoms with Gasteiger partial charge in [-0.3, -0.25) is 9.89 Å². The number of aromatic amines is 1. The summed E-state index contributed by atoms with van der Waals surface area (Å²) in [6.45, 7) is 0. The van der Waals surface area contributed by atoms with Crippen molar-refractivity contribution >= 4 is 34.6 Å². The molecule has 0 bridgehead atoms. The molecule has 21 heavy (non-hydrogen) atoms. The maximum absolute atomic E-state index is 11.9. The zero-order chi connectivity index (χ0) is 14.2. The predicted octanol–water partition coefficient (Wildman–Crippen LogP) is 2.56. The van der Waals surface area contributed by atoms with E-state index in [2.05, 4.69) is 31.9 Å². The Balaban J connectivity index is 1.67. The van der Waals surface area contributed by atoms with Gasteiger partial charge >= 0.3 is 0 Å². The van der Waals surface area contributed by atoms with Crippen molar-refractivity contribution in [3.63, 3.8) is 0 Å². The van der Waals surface area contributed by atoms with Crippen molar-refractivity contribution in [3.05, 3.63) is 46.9 Å². The number of H-pyrrole nitrogens is 1. The number of hydrogen-bond donors (Lipinski definition) is 1. The monoisotopic (exact) mass is 316 g/mol. The van der Waals surface area contributed by atoms with E-state index in [1.807, 2.05) is 30.0 Å². The molecule has 0 saturated heterocycles. The van der Waals surface area contributed by atoms with Crippen molar-refractivity contribution in [1.82, 2.24) is 19.7 Å². The van der Waals surface area contributed by atoms with Crippen LogP contribution in [-0.2, 0) is 0 Å². The molecule has 7 heteroatoms. The molecule has 0 aliphatic carbocycles. The molecule has 1 aliphatic rings. The highest BCUT2D eigenvalue weighted by molar-refractivity contribution is 8.00. The van der Waals surface area contributed by atoms with Gasteiger partial charge in [0.25, 0.3) is 5.56 Å². The molecule has 0 unspecified atom stereocenters. The average Bonchev–Trinajstić information content (AvgIpc) is 3.12. The second-order valence-corrected chi connectivity index (χ2v) is 6.87. The third kappa shape index (κ3) is 2.26. The molecule has 1 N–H and O–H groups in total. The van der Waals surface area contributed by atoms with Crippen LogP contribution in [0.4, 0.5) is 0 Å². The molecule has 0 amide bonds. The molecule has 5 nitrogen and oxygen atoms in total. The number of fused-ring (bicyclic) bond motifs is 3. The Morgan fingerprint density at radius 1 is 1.38 bits per heavy atom. The fraction of sp³-hybridized carbons (Fsp3) is 0.214. The summed E-state index contributed by atoms with van der Waals surface area (Å²) in [4.78, 5) is 17.3. The lowest BCUT2D eigenvalue weighted by Crippen LogP contribution is -2.17. The molecule has 3 heterocycles. The molecule has 0 saturated carbocycles. The van der Waals surface area contributed by atoms with Crippen molar-refractivity contribution in [2.75, 3.05) is 11.5 Å². The summed E-state index contributed by atoms with van der Waals surface area (Å²) >= 11 is 3.46. The first-order valence-electron chi connectivity index (χ1n) is 6.59. The van der Waals surface area contributed by atoms with Gasteiger partial charge in [0.15, 0.2) is 5.16 Å². The second-order valence-electron chi connectivity index (χ2n) is 4.79. The number of nitrogens with one attached hydrogen (secondary N) is 1. The molecule has 3 aromatic rings. The molecule has 2 aromatic heterocycles. The van der Waals surface area contributed by atoms with Crippen LogP contribution in [0.2, 0.25) is 0 Å². The number of rotatable bonds is 3. The lowest BCUT2D eigenvalue weighted by atomic mass is 10.3. The van der Waals surface area contributed by atoms with Gasteiger partial charge in [-0.2, -0.15) is 10.1 Å². The van der Waals surface area contributed by atoms with Crippen LogP contribution in [0.5, 0.6) is 0 Å². The first-order valence-corrected chi connectivity index (χ1v) is 8.56. The second kappa shape index (κ2) is 5.23. The topological polar surface area (TPSA) is 63.6 Å². The summed E-state index contributed by atoms with van der Waals surface area (Å²) in [5.74, 6) is 1.88. The van der Waals surface area contributed by atoms with Crippen molar-refractivity contribution < 1.29 is 0 Å². The minimum absolute atomic E-state index is 0.200. The van der Waals surface area contributed by atoms with Crippen LogP contribution in [0.25, 0.3) is 11.0 Å². The number of nitrogens with zero attached hydrogens (tertiary/aromatic N) is 3. The van der Waals surface area contributed by atoms with Crippen LogP contribution < -0.4 is 5.56 Å². The van der Waals surface area contributed by atoms with Gasteiger partial charge in [-0.15, -0.1) is 11.8 Å². The van der Waals surface area contributed by atoms with Crippen LogP contribution in [0.15, 0.2) is 51.4 Å². The molecule has 4 rings (SSSR count). The van der Waals surface area contributed by atoms with Gasteiger partial charge in [0.05, 0.1) is 12.2 Å². The van der Waals surface area contributed by atoms with Crippen LogP contribution in [-0.4, -0.2) is 31.3 Å². The highest BCUT2D eigenvalue weighted by atomic mass is 32.2. The number of hydrogen-bond acceptors (Lipinski definition) is 5. The quantitative estimate of drug-likeness (QED) is 0.594. The third-order valence-electron chi connectivity index (χ3n) is 3.45. The molecular weight excluding hydrogens is 304 g/mol. The Kier molecular flexibility index (Phi) is 3.23. The normalized spacial score (nSPS) is 17.2. The number of thioether (sulfide) groups is 2. The van der Waals surface area contributed by atoms with Crippen molar-refractivity contribution in [3.8, 4) is 0 Å². The van der Waals surface area contributed by atoms with Crippen LogP contribution in [0.1, 0.15) is 6.04 Å². The predicted molar refractivity (Wildman–Crippen MR) is 85.1 cm³/mol. The molecule has 1 aromatic carbocycles. The highest BCUT2D eigenvalue weighted by Gasteiger charge is 2.26. The van der Waals surface area contributed by atoms with Crippen molar-refractivity contribution in [1.29, 1.82) is 0 Å². The van der Waals surface area contributed by atoms with Gasteiger partial charge in [0.2, 0.25) is 0 Å². The Morgan fingerprint density at radius 3 is 3.10 bits per heavy atom. The Morgan fingerprint density at radius 2 is 2.24 bits per heavy atom. The van der Waals surface area contributed by atoms with Gasteiger partial charge in [-0.25, -0.2) is 0 Å². The summed E-state index contributed by atoms with van der Waals surface area (Å²) in [5, 5.41) is 8.28. The van der Waals surface area contributed by atoms with E-state index in [-0.39, 0.29) is 5.56 Å². The van der Waals surface area contributed by atoms with Gasteiger partial charge in [0, 0.05) is 16.4 Å². The zero-order valence-corrected chi connectivity index (χ0v) is 12.7. The molecular formula is C14H12N4OS2. The number of benzene rings is 1. The molecule has 1 aliphatic heterocycles. The van der Waals surface area contributed by atoms with Crippen molar-refractivity contribution in [2.24, 2.45) is 0 Å². The van der Waals surface area contributed by atoms with Gasteiger partial charge in [0.1, 0.15) is 11.0 Å². The summed E-state index contributed by atoms with van der Waals surface area (Å²) in [7, 11) is 0. The standard InChI is InChI=1S/C14H12N4OS2/c19-13-11-6-15-17-12(11)18-9(8-21-14(18)16-13)7-20-10-4-2-1-3-5-10/h1-6,9H,7-8H2,(H,15,17)/t9-/m1/s1. The Bertz CT molecular complexity index is 843. The van der Waals surface area contributed by atoms with E-state index >= 15 is 0 Å². The smallest absolute Gasteiger partial charge is 0.284 e. The highest BCUT2D eigenvalue weighted by Crippen LogP contribution is 2.36. The summed E-state index contributed by atoms with van der Waals surface area (Å²) in [6, 6.07) is 10.7. The molecule has 1 atom stereocenters. The fourth-order valence-corrected chi connectivity index (χ4v) is 4.72. The van der Waals surface area contributed by atoms with E-state index in [0.29, 0.717) is 11.4 Å². The summed E-state index contributed by atoms with van der Waals surface area (Å²) in [5.41, 5.74) is 0.586. The molecule has 0 fully saturated rings. The summed E-state index contributed by atoms with van der Waals surface area (Å²) < 4.78 is 2.12. The molecule has 0 radical (unpaired) electrons. The third-order valence-corrected chi connectivity index (χ3v) is 5.70. The molecule has 0 spiro atoms. The van der Waals surface area contributed by atoms with Crippen LogP contribution >= 0.6 is 23.5 Å². The summed E-state index contributed by atoms with van der Waals surface area (Å²) in [6.07, 6.45) is 1.56. The first kappa shape index (κ1) is 13.0. The van der Waals surface area contributed by atoms with Crippen LogP contribution in [0, 0.1) is 0 Å². The maximum atomic E-state index is 11.9. The first-order chi connectivity index (χ1) is 10.3. The molecule has 106 valence electrons. The van der Waals surface area contributed by atoms with E-state index < -0.39 is 0 Å². The average molecular weight is 316 g/mol. The lowest BCUT2D eigenvalue weighted by molar-refractivity contribution is 0.585. The van der Waals surface area contributed by atoms with Gasteiger partial charge in [-0.05, 0) is 12.1 Å². The van der Waals surface area contributed by atoms with Crippen molar-refractivity contribution in [2.45, 2.75) is 16.1 Å². The number of aromatic nitrogens is 4. The van der Waals surface area contributed by atoms with E-state index in [4.69, 9.17) is 0 Å². The minimum atomic E-state index is -0.200. The van der Waals surface area contributed by atoms with Crippen LogP contribution in [0.3, 0.4) is 0 Å². The van der Waals surface area contributed by atoms with Gasteiger partial charge in [-0.1, -0.05) is 30.0 Å².